The van der Waals surface area contributed by atoms with E-state index in [1.54, 1.807) is 0 Å². The van der Waals surface area contributed by atoms with Crippen LogP contribution in [0.4, 0.5) is 0 Å². The first-order chi connectivity index (χ1) is 12.8. The van der Waals surface area contributed by atoms with Crippen molar-refractivity contribution in [2.75, 3.05) is 0 Å². The molecule has 2 saturated carbocycles. The van der Waals surface area contributed by atoms with Gasteiger partial charge in [-0.3, -0.25) is 0 Å². The van der Waals surface area contributed by atoms with Gasteiger partial charge in [0.15, 0.2) is 0 Å². The highest BCUT2D eigenvalue weighted by molar-refractivity contribution is 5.15. The fraction of sp³-hybridized carbons (Fsp3) is 0.833. The summed E-state index contributed by atoms with van der Waals surface area (Å²) in [4.78, 5) is 0. The summed E-state index contributed by atoms with van der Waals surface area (Å²) in [6.07, 6.45) is 19.3. The van der Waals surface area contributed by atoms with Gasteiger partial charge in [-0.25, -0.2) is 0 Å². The molecule has 2 heteroatoms. The topological polar surface area (TPSA) is 25.8 Å². The number of unbranched alkanes of at least 4 members (excludes halogenated alkanes) is 2. The average Bonchev–Trinajstić information content (AvgIpc) is 2.70. The van der Waals surface area contributed by atoms with Gasteiger partial charge < -0.3 is 0 Å². The highest BCUT2D eigenvalue weighted by Crippen LogP contribution is 2.39. The predicted octanol–water partition coefficient (Wildman–Crippen LogP) is 7.40. The maximum Gasteiger partial charge on any atom is 0.0662 e. The van der Waals surface area contributed by atoms with Crippen LogP contribution in [0.2, 0.25) is 0 Å². The van der Waals surface area contributed by atoms with E-state index in [1.807, 2.05) is 0 Å². The lowest BCUT2D eigenvalue weighted by molar-refractivity contribution is 0.296. The Morgan fingerprint density at radius 3 is 1.58 bits per heavy atom. The van der Waals surface area contributed by atoms with Gasteiger partial charge in [-0.05, 0) is 75.3 Å². The van der Waals surface area contributed by atoms with Crippen molar-refractivity contribution in [3.63, 3.8) is 0 Å². The first-order valence-electron chi connectivity index (χ1n) is 11.6. The molecule has 0 spiro atoms. The van der Waals surface area contributed by atoms with E-state index >= 15 is 0 Å². The molecule has 2 fully saturated rings. The summed E-state index contributed by atoms with van der Waals surface area (Å²) in [7, 11) is 0. The van der Waals surface area contributed by atoms with E-state index in [2.05, 4.69) is 36.2 Å². The van der Waals surface area contributed by atoms with Gasteiger partial charge in [0.25, 0.3) is 0 Å². The molecule has 0 aromatic carbocycles. The van der Waals surface area contributed by atoms with Gasteiger partial charge in [-0.2, -0.15) is 10.2 Å². The fourth-order valence-electron chi connectivity index (χ4n) is 5.37. The molecule has 26 heavy (non-hydrogen) atoms. The molecule has 0 N–H and O–H groups in total. The van der Waals surface area contributed by atoms with Crippen molar-refractivity contribution in [1.82, 2.24) is 10.2 Å². The van der Waals surface area contributed by atoms with E-state index in [4.69, 9.17) is 0 Å². The van der Waals surface area contributed by atoms with Crippen molar-refractivity contribution < 1.29 is 0 Å². The molecule has 1 aromatic heterocycles. The Labute approximate surface area is 161 Å². The molecule has 146 valence electrons. The first kappa shape index (κ1) is 19.8. The van der Waals surface area contributed by atoms with Crippen LogP contribution in [0.5, 0.6) is 0 Å². The molecule has 1 heterocycles. The minimum atomic E-state index is 0.666. The highest BCUT2D eigenvalue weighted by Gasteiger charge is 2.25. The van der Waals surface area contributed by atoms with Gasteiger partial charge in [-0.1, -0.05) is 52.4 Å². The molecular weight excluding hydrogens is 316 g/mol. The summed E-state index contributed by atoms with van der Waals surface area (Å²) in [5.74, 6) is 3.28. The van der Waals surface area contributed by atoms with Gasteiger partial charge in [-0.15, -0.1) is 0 Å². The molecule has 0 amide bonds. The van der Waals surface area contributed by atoms with Crippen molar-refractivity contribution in [3.05, 3.63) is 23.5 Å². The normalized spacial score (nSPS) is 29.6. The quantitative estimate of drug-likeness (QED) is 0.453. The zero-order valence-electron chi connectivity index (χ0n) is 17.3. The van der Waals surface area contributed by atoms with E-state index in [1.165, 1.54) is 101 Å². The minimum Gasteiger partial charge on any atom is -0.155 e. The van der Waals surface area contributed by atoms with E-state index in [9.17, 15) is 0 Å². The lowest BCUT2D eigenvalue weighted by Crippen LogP contribution is -2.17. The first-order valence-corrected chi connectivity index (χ1v) is 11.6. The Kier molecular flexibility index (Phi) is 7.95. The lowest BCUT2D eigenvalue weighted by atomic mass is 9.77. The highest BCUT2D eigenvalue weighted by atomic mass is 15.1. The van der Waals surface area contributed by atoms with Crippen molar-refractivity contribution in [2.24, 2.45) is 11.8 Å². The second kappa shape index (κ2) is 10.4. The van der Waals surface area contributed by atoms with Crippen LogP contribution < -0.4 is 0 Å². The van der Waals surface area contributed by atoms with Crippen LogP contribution in [-0.4, -0.2) is 10.2 Å². The third kappa shape index (κ3) is 5.54. The Balaban J connectivity index is 1.45. The van der Waals surface area contributed by atoms with E-state index in [0.717, 1.165) is 11.8 Å². The lowest BCUT2D eigenvalue weighted by Gasteiger charge is -2.29. The molecule has 0 aliphatic heterocycles. The van der Waals surface area contributed by atoms with Crippen LogP contribution >= 0.6 is 0 Å². The van der Waals surface area contributed by atoms with Crippen molar-refractivity contribution in [1.29, 1.82) is 0 Å². The second-order valence-electron chi connectivity index (χ2n) is 9.10. The van der Waals surface area contributed by atoms with Crippen LogP contribution in [0.1, 0.15) is 127 Å². The molecule has 1 aromatic rings. The summed E-state index contributed by atoms with van der Waals surface area (Å²) in [6.45, 7) is 4.62. The zero-order valence-corrected chi connectivity index (χ0v) is 17.3. The predicted molar refractivity (Wildman–Crippen MR) is 110 cm³/mol. The summed E-state index contributed by atoms with van der Waals surface area (Å²) >= 11 is 0. The largest absolute Gasteiger partial charge is 0.155 e. The molecule has 2 aliphatic rings. The Bertz CT molecular complexity index is 493. The smallest absolute Gasteiger partial charge is 0.0662 e. The van der Waals surface area contributed by atoms with Crippen molar-refractivity contribution >= 4 is 0 Å². The van der Waals surface area contributed by atoms with Gasteiger partial charge in [0.1, 0.15) is 0 Å². The van der Waals surface area contributed by atoms with Crippen LogP contribution in [0.15, 0.2) is 12.1 Å². The minimum absolute atomic E-state index is 0.666. The number of aromatic nitrogens is 2. The molecule has 0 unspecified atom stereocenters. The van der Waals surface area contributed by atoms with Gasteiger partial charge in [0.05, 0.1) is 11.4 Å². The molecule has 0 saturated heterocycles. The summed E-state index contributed by atoms with van der Waals surface area (Å²) in [6, 6.07) is 4.61. The maximum absolute atomic E-state index is 4.68. The van der Waals surface area contributed by atoms with Crippen LogP contribution in [-0.2, 0) is 0 Å². The molecule has 3 rings (SSSR count). The molecule has 0 atom stereocenters. The summed E-state index contributed by atoms with van der Waals surface area (Å²) in [5, 5.41) is 9.36. The van der Waals surface area contributed by atoms with Gasteiger partial charge in [0.2, 0.25) is 0 Å². The molecular formula is C24H40N2. The standard InChI is InChI=1S/C24H40N2/c1-3-5-6-8-20-11-15-22(16-12-20)24-18-17-23(25-26-24)21-13-9-19(7-4-2)10-14-21/h17-22H,3-16H2,1-2H3/t19-,20-,21-,22-. The maximum atomic E-state index is 4.68. The van der Waals surface area contributed by atoms with E-state index in [0.29, 0.717) is 11.8 Å². The molecule has 2 nitrogen and oxygen atoms in total. The van der Waals surface area contributed by atoms with Gasteiger partial charge >= 0.3 is 0 Å². The molecule has 0 radical (unpaired) electrons. The number of hydrogen-bond acceptors (Lipinski definition) is 2. The monoisotopic (exact) mass is 356 g/mol. The van der Waals surface area contributed by atoms with E-state index in [-0.39, 0.29) is 0 Å². The molecule has 0 bridgehead atoms. The Morgan fingerprint density at radius 1 is 0.654 bits per heavy atom. The third-order valence-corrected chi connectivity index (χ3v) is 7.15. The van der Waals surface area contributed by atoms with Crippen molar-refractivity contribution in [3.8, 4) is 0 Å². The van der Waals surface area contributed by atoms with Crippen LogP contribution in [0.25, 0.3) is 0 Å². The van der Waals surface area contributed by atoms with E-state index < -0.39 is 0 Å². The number of hydrogen-bond donors (Lipinski definition) is 0. The SMILES string of the molecule is CCCCC[C@H]1CC[C@H](c2ccc([C@H]3CC[C@H](CCC)CC3)nn2)CC1. The summed E-state index contributed by atoms with van der Waals surface area (Å²) < 4.78 is 0. The Morgan fingerprint density at radius 2 is 1.15 bits per heavy atom. The summed E-state index contributed by atoms with van der Waals surface area (Å²) in [5.41, 5.74) is 2.53. The van der Waals surface area contributed by atoms with Crippen molar-refractivity contribution in [2.45, 2.75) is 116 Å². The average molecular weight is 357 g/mol. The van der Waals surface area contributed by atoms with Crippen LogP contribution in [0.3, 0.4) is 0 Å². The van der Waals surface area contributed by atoms with Gasteiger partial charge in [0, 0.05) is 11.8 Å². The number of nitrogens with zero attached hydrogens (tertiary/aromatic N) is 2. The molecule has 2 aliphatic carbocycles. The van der Waals surface area contributed by atoms with Crippen LogP contribution in [0, 0.1) is 11.8 Å². The Hall–Kier alpha value is -0.920. The fourth-order valence-corrected chi connectivity index (χ4v) is 5.37. The third-order valence-electron chi connectivity index (χ3n) is 7.15. The second-order valence-corrected chi connectivity index (χ2v) is 9.10. The zero-order chi connectivity index (χ0) is 18.2. The number of rotatable bonds is 8.